The van der Waals surface area contributed by atoms with Gasteiger partial charge in [0.2, 0.25) is 0 Å². The van der Waals surface area contributed by atoms with Gasteiger partial charge in [-0.25, -0.2) is 9.48 Å². The summed E-state index contributed by atoms with van der Waals surface area (Å²) in [5.41, 5.74) is 1.61. The van der Waals surface area contributed by atoms with Crippen LogP contribution < -0.4 is 9.47 Å². The van der Waals surface area contributed by atoms with Crippen LogP contribution in [0, 0.1) is 0 Å². The normalized spacial score (nSPS) is 11.0. The highest BCUT2D eigenvalue weighted by Gasteiger charge is 2.23. The number of aromatic carboxylic acids is 1. The lowest BCUT2D eigenvalue weighted by Gasteiger charge is -2.13. The first-order valence-electron chi connectivity index (χ1n) is 7.74. The average Bonchev–Trinajstić information content (AvgIpc) is 3.06. The molecule has 0 unspecified atom stereocenters. The first kappa shape index (κ1) is 15.8. The molecule has 130 valence electrons. The fraction of sp³-hybridized carbons (Fsp3) is 0.111. The second kappa shape index (κ2) is 5.99. The number of benzene rings is 2. The molecule has 0 aliphatic carbocycles. The lowest BCUT2D eigenvalue weighted by atomic mass is 10.1. The van der Waals surface area contributed by atoms with Gasteiger partial charge in [-0.2, -0.15) is 5.10 Å². The maximum Gasteiger partial charge on any atom is 0.357 e. The van der Waals surface area contributed by atoms with Crippen LogP contribution in [0.15, 0.2) is 42.5 Å². The first-order valence-corrected chi connectivity index (χ1v) is 7.74. The summed E-state index contributed by atoms with van der Waals surface area (Å²) in [5.74, 6) is -0.341. The molecule has 0 amide bonds. The maximum atomic E-state index is 11.6. The molecule has 1 N–H and O–H groups in total. The van der Waals surface area contributed by atoms with E-state index in [0.717, 1.165) is 0 Å². The van der Waals surface area contributed by atoms with E-state index in [4.69, 9.17) is 9.47 Å². The van der Waals surface area contributed by atoms with Crippen LogP contribution in [0.25, 0.3) is 27.5 Å². The Morgan fingerprint density at radius 1 is 1.04 bits per heavy atom. The van der Waals surface area contributed by atoms with Crippen LogP contribution in [0.5, 0.6) is 11.6 Å². The van der Waals surface area contributed by atoms with Gasteiger partial charge in [0, 0.05) is 5.39 Å². The smallest absolute Gasteiger partial charge is 0.357 e. The Morgan fingerprint density at radius 2 is 1.85 bits per heavy atom. The highest BCUT2D eigenvalue weighted by atomic mass is 16.5. The zero-order chi connectivity index (χ0) is 18.3. The fourth-order valence-corrected chi connectivity index (χ4v) is 2.99. The Kier molecular flexibility index (Phi) is 3.65. The molecule has 0 saturated heterocycles. The summed E-state index contributed by atoms with van der Waals surface area (Å²) >= 11 is 0. The van der Waals surface area contributed by atoms with Crippen LogP contribution in [0.2, 0.25) is 0 Å². The molecule has 0 spiro atoms. The summed E-state index contributed by atoms with van der Waals surface area (Å²) in [7, 11) is 3.02. The van der Waals surface area contributed by atoms with Gasteiger partial charge >= 0.3 is 5.97 Å². The van der Waals surface area contributed by atoms with Crippen LogP contribution in [0.1, 0.15) is 10.5 Å². The summed E-state index contributed by atoms with van der Waals surface area (Å²) in [6, 6.07) is 12.5. The number of ether oxygens (including phenoxy) is 2. The van der Waals surface area contributed by atoms with E-state index in [1.165, 1.54) is 11.8 Å². The number of para-hydroxylation sites is 1. The zero-order valence-corrected chi connectivity index (χ0v) is 14.0. The molecule has 2 aromatic heterocycles. The predicted molar refractivity (Wildman–Crippen MR) is 94.2 cm³/mol. The molecule has 4 aromatic rings. The second-order valence-electron chi connectivity index (χ2n) is 5.49. The number of carboxylic acids is 1. The van der Waals surface area contributed by atoms with Gasteiger partial charge in [0.25, 0.3) is 5.88 Å². The van der Waals surface area contributed by atoms with Gasteiger partial charge in [0.15, 0.2) is 5.69 Å². The van der Waals surface area contributed by atoms with Crippen molar-refractivity contribution in [1.82, 2.24) is 20.0 Å². The number of methoxy groups -OCH3 is 2. The number of rotatable bonds is 4. The average molecular weight is 350 g/mol. The van der Waals surface area contributed by atoms with Gasteiger partial charge in [0.05, 0.1) is 30.6 Å². The number of nitrogens with zero attached hydrogens (tertiary/aromatic N) is 4. The molecule has 4 rings (SSSR count). The van der Waals surface area contributed by atoms with E-state index in [0.29, 0.717) is 33.2 Å². The predicted octanol–water partition coefficient (Wildman–Crippen LogP) is 2.68. The molecule has 0 bridgehead atoms. The van der Waals surface area contributed by atoms with Gasteiger partial charge in [-0.05, 0) is 18.2 Å². The van der Waals surface area contributed by atoms with Crippen LogP contribution in [-0.2, 0) is 0 Å². The quantitative estimate of drug-likeness (QED) is 0.604. The van der Waals surface area contributed by atoms with Crippen molar-refractivity contribution in [3.8, 4) is 17.3 Å². The van der Waals surface area contributed by atoms with E-state index >= 15 is 0 Å². The molecule has 2 heterocycles. The third kappa shape index (κ3) is 2.23. The number of aromatic nitrogens is 4. The van der Waals surface area contributed by atoms with Crippen LogP contribution in [0.3, 0.4) is 0 Å². The van der Waals surface area contributed by atoms with E-state index in [1.54, 1.807) is 43.5 Å². The molecule has 0 aliphatic rings. The molecule has 0 saturated carbocycles. The fourth-order valence-electron chi connectivity index (χ4n) is 2.99. The highest BCUT2D eigenvalue weighted by Crippen LogP contribution is 2.36. The minimum atomic E-state index is -1.11. The third-order valence-electron chi connectivity index (χ3n) is 4.11. The Bertz CT molecular complexity index is 1150. The topological polar surface area (TPSA) is 99.4 Å². The van der Waals surface area contributed by atoms with E-state index in [9.17, 15) is 9.90 Å². The van der Waals surface area contributed by atoms with Crippen molar-refractivity contribution in [1.29, 1.82) is 0 Å². The Labute approximate surface area is 147 Å². The lowest BCUT2D eigenvalue weighted by molar-refractivity contribution is 0.0692. The SMILES string of the molecule is COc1nnc2cccc(OC)c2c1-n1nc(C(=O)O)c2ccccc21. The molecular weight excluding hydrogens is 336 g/mol. The summed E-state index contributed by atoms with van der Waals surface area (Å²) in [4.78, 5) is 11.6. The highest BCUT2D eigenvalue weighted by molar-refractivity contribution is 6.03. The Hall–Kier alpha value is -3.68. The van der Waals surface area contributed by atoms with Crippen molar-refractivity contribution < 1.29 is 19.4 Å². The third-order valence-corrected chi connectivity index (χ3v) is 4.11. The summed E-state index contributed by atoms with van der Waals surface area (Å²) < 4.78 is 12.4. The molecule has 0 atom stereocenters. The van der Waals surface area contributed by atoms with Gasteiger partial charge in [0.1, 0.15) is 11.4 Å². The van der Waals surface area contributed by atoms with Crippen LogP contribution in [-0.4, -0.2) is 45.3 Å². The van der Waals surface area contributed by atoms with Gasteiger partial charge in [-0.3, -0.25) is 0 Å². The van der Waals surface area contributed by atoms with Gasteiger partial charge in [-0.15, -0.1) is 10.2 Å². The Morgan fingerprint density at radius 3 is 2.58 bits per heavy atom. The van der Waals surface area contributed by atoms with Crippen molar-refractivity contribution in [3.63, 3.8) is 0 Å². The van der Waals surface area contributed by atoms with Crippen molar-refractivity contribution in [2.75, 3.05) is 14.2 Å². The van der Waals surface area contributed by atoms with Crippen LogP contribution in [0.4, 0.5) is 0 Å². The molecule has 0 aliphatic heterocycles. The number of carboxylic acid groups (broad SMARTS) is 1. The first-order chi connectivity index (χ1) is 12.7. The molecule has 0 radical (unpaired) electrons. The van der Waals surface area contributed by atoms with Gasteiger partial charge < -0.3 is 14.6 Å². The van der Waals surface area contributed by atoms with Crippen molar-refractivity contribution in [2.45, 2.75) is 0 Å². The number of hydrogen-bond acceptors (Lipinski definition) is 6. The molecule has 26 heavy (non-hydrogen) atoms. The standard InChI is InChI=1S/C18H14N4O4/c1-25-13-9-5-7-11-14(13)16(17(26-2)20-19-11)22-12-8-4-3-6-10(12)15(21-22)18(23)24/h3-9H,1-2H3,(H,23,24). The van der Waals surface area contributed by atoms with Crippen molar-refractivity contribution in [3.05, 3.63) is 48.2 Å². The monoisotopic (exact) mass is 350 g/mol. The Balaban J connectivity index is 2.19. The summed E-state index contributed by atoms with van der Waals surface area (Å²) in [6.45, 7) is 0. The minimum Gasteiger partial charge on any atom is -0.496 e. The number of hydrogen-bond donors (Lipinski definition) is 1. The van der Waals surface area contributed by atoms with Crippen molar-refractivity contribution >= 4 is 27.8 Å². The zero-order valence-electron chi connectivity index (χ0n) is 14.0. The van der Waals surface area contributed by atoms with E-state index in [1.807, 2.05) is 6.07 Å². The molecular formula is C18H14N4O4. The molecule has 8 heteroatoms. The molecule has 2 aromatic carbocycles. The maximum absolute atomic E-state index is 11.6. The van der Waals surface area contributed by atoms with E-state index in [-0.39, 0.29) is 11.6 Å². The van der Waals surface area contributed by atoms with Gasteiger partial charge in [-0.1, -0.05) is 24.3 Å². The van der Waals surface area contributed by atoms with Crippen LogP contribution >= 0.6 is 0 Å². The lowest BCUT2D eigenvalue weighted by Crippen LogP contribution is -2.07. The van der Waals surface area contributed by atoms with E-state index in [2.05, 4.69) is 15.3 Å². The summed E-state index contributed by atoms with van der Waals surface area (Å²) in [5, 5.41) is 23.2. The summed E-state index contributed by atoms with van der Waals surface area (Å²) in [6.07, 6.45) is 0. The molecule has 0 fully saturated rings. The van der Waals surface area contributed by atoms with Crippen molar-refractivity contribution in [2.24, 2.45) is 0 Å². The van der Waals surface area contributed by atoms with E-state index < -0.39 is 5.97 Å². The number of fused-ring (bicyclic) bond motifs is 2. The second-order valence-corrected chi connectivity index (χ2v) is 5.49. The number of carbonyl (C=O) groups is 1. The molecule has 8 nitrogen and oxygen atoms in total. The minimum absolute atomic E-state index is 0.0532. The largest absolute Gasteiger partial charge is 0.496 e.